The largest absolute Gasteiger partial charge is 0.381 e. The average molecular weight is 384 g/mol. The third-order valence-electron chi connectivity index (χ3n) is 3.69. The van der Waals surface area contributed by atoms with E-state index in [4.69, 9.17) is 9.73 Å². The van der Waals surface area contributed by atoms with Gasteiger partial charge in [0.15, 0.2) is 5.96 Å². The molecule has 0 aromatic heterocycles. The molecule has 1 fully saturated rings. The maximum Gasteiger partial charge on any atom is 0.195 e. The highest BCUT2D eigenvalue weighted by atomic mass is 127. The molecule has 0 atom stereocenters. The predicted octanol–water partition coefficient (Wildman–Crippen LogP) is 1.19. The molecule has 0 bridgehead atoms. The van der Waals surface area contributed by atoms with Gasteiger partial charge in [-0.3, -0.25) is 4.99 Å². The van der Waals surface area contributed by atoms with Crippen LogP contribution >= 0.6 is 24.0 Å². The zero-order chi connectivity index (χ0) is 13.8. The van der Waals surface area contributed by atoms with E-state index in [1.165, 1.54) is 0 Å². The Hall–Kier alpha value is -0.0800. The minimum Gasteiger partial charge on any atom is -0.381 e. The topological polar surface area (TPSA) is 31.3 Å². The number of nitrogens with zero attached hydrogens (tertiary/aromatic N) is 4. The van der Waals surface area contributed by atoms with Gasteiger partial charge >= 0.3 is 0 Å². The molecule has 0 spiro atoms. The van der Waals surface area contributed by atoms with Crippen LogP contribution in [0.4, 0.5) is 0 Å². The van der Waals surface area contributed by atoms with Crippen LogP contribution in [0.2, 0.25) is 0 Å². The molecule has 1 heterocycles. The van der Waals surface area contributed by atoms with Crippen LogP contribution in [0, 0.1) is 0 Å². The number of halogens is 1. The van der Waals surface area contributed by atoms with Crippen LogP contribution in [0.5, 0.6) is 0 Å². The molecule has 0 aromatic rings. The van der Waals surface area contributed by atoms with Crippen molar-refractivity contribution in [2.75, 3.05) is 62.0 Å². The minimum atomic E-state index is 0. The molecule has 1 aliphatic heterocycles. The number of hydrogen-bond acceptors (Lipinski definition) is 3. The van der Waals surface area contributed by atoms with Crippen molar-refractivity contribution in [3.63, 3.8) is 0 Å². The van der Waals surface area contributed by atoms with Gasteiger partial charge in [0, 0.05) is 46.9 Å². The van der Waals surface area contributed by atoms with E-state index in [1.807, 2.05) is 28.2 Å². The Labute approximate surface area is 135 Å². The SMILES string of the molecule is CN(C)C(=NCC1(N(C)C)CCOCC1)N(C)C.I. The molecule has 114 valence electrons. The van der Waals surface area contributed by atoms with Crippen molar-refractivity contribution in [3.05, 3.63) is 0 Å². The Kier molecular flexibility index (Phi) is 8.23. The lowest BCUT2D eigenvalue weighted by Gasteiger charge is -2.42. The summed E-state index contributed by atoms with van der Waals surface area (Å²) >= 11 is 0. The number of aliphatic imine (C=N–C) groups is 1. The zero-order valence-electron chi connectivity index (χ0n) is 13.1. The highest BCUT2D eigenvalue weighted by molar-refractivity contribution is 14.0. The molecule has 0 amide bonds. The average Bonchev–Trinajstić information content (AvgIpc) is 2.29. The predicted molar refractivity (Wildman–Crippen MR) is 91.6 cm³/mol. The summed E-state index contributed by atoms with van der Waals surface area (Å²) < 4.78 is 5.48. The third kappa shape index (κ3) is 5.07. The monoisotopic (exact) mass is 384 g/mol. The van der Waals surface area contributed by atoms with Crippen LogP contribution in [0.15, 0.2) is 4.99 Å². The summed E-state index contributed by atoms with van der Waals surface area (Å²) in [5.74, 6) is 1.02. The first-order valence-electron chi connectivity index (χ1n) is 6.53. The van der Waals surface area contributed by atoms with Gasteiger partial charge in [-0.05, 0) is 26.9 Å². The standard InChI is InChI=1S/C13H28N4O.HI/c1-15(2)12(16(3)4)14-11-13(17(5)6)7-9-18-10-8-13;/h7-11H2,1-6H3;1H. The van der Waals surface area contributed by atoms with Gasteiger partial charge < -0.3 is 19.4 Å². The lowest BCUT2D eigenvalue weighted by atomic mass is 9.89. The molecule has 0 saturated carbocycles. The maximum atomic E-state index is 5.48. The van der Waals surface area contributed by atoms with Crippen molar-refractivity contribution in [2.45, 2.75) is 18.4 Å². The number of hydrogen-bond donors (Lipinski definition) is 0. The second-order valence-corrected chi connectivity index (χ2v) is 5.64. The summed E-state index contributed by atoms with van der Waals surface area (Å²) in [6, 6.07) is 0. The molecule has 0 aromatic carbocycles. The van der Waals surface area contributed by atoms with Gasteiger partial charge in [-0.15, -0.1) is 24.0 Å². The van der Waals surface area contributed by atoms with Crippen LogP contribution in [0.25, 0.3) is 0 Å². The van der Waals surface area contributed by atoms with Crippen LogP contribution in [-0.4, -0.2) is 88.2 Å². The minimum absolute atomic E-state index is 0. The molecule has 1 saturated heterocycles. The van der Waals surface area contributed by atoms with E-state index >= 15 is 0 Å². The van der Waals surface area contributed by atoms with Gasteiger partial charge in [0.25, 0.3) is 0 Å². The molecule has 0 N–H and O–H groups in total. The molecular formula is C13H29IN4O. The molecule has 6 heteroatoms. The summed E-state index contributed by atoms with van der Waals surface area (Å²) in [6.07, 6.45) is 2.11. The highest BCUT2D eigenvalue weighted by Crippen LogP contribution is 2.26. The first-order valence-corrected chi connectivity index (χ1v) is 6.53. The van der Waals surface area contributed by atoms with Crippen LogP contribution in [-0.2, 0) is 4.74 Å². The van der Waals surface area contributed by atoms with Crippen molar-refractivity contribution < 1.29 is 4.74 Å². The Morgan fingerprint density at radius 2 is 1.47 bits per heavy atom. The maximum absolute atomic E-state index is 5.48. The summed E-state index contributed by atoms with van der Waals surface area (Å²) in [6.45, 7) is 2.51. The van der Waals surface area contributed by atoms with Crippen molar-refractivity contribution in [3.8, 4) is 0 Å². The molecular weight excluding hydrogens is 355 g/mol. The third-order valence-corrected chi connectivity index (χ3v) is 3.69. The molecule has 0 radical (unpaired) electrons. The number of ether oxygens (including phenoxy) is 1. The molecule has 19 heavy (non-hydrogen) atoms. The van der Waals surface area contributed by atoms with Crippen LogP contribution < -0.4 is 0 Å². The molecule has 1 rings (SSSR count). The van der Waals surface area contributed by atoms with E-state index in [-0.39, 0.29) is 29.5 Å². The Morgan fingerprint density at radius 3 is 1.84 bits per heavy atom. The summed E-state index contributed by atoms with van der Waals surface area (Å²) in [7, 11) is 12.4. The van der Waals surface area contributed by atoms with Gasteiger partial charge in [0.2, 0.25) is 0 Å². The van der Waals surface area contributed by atoms with E-state index in [2.05, 4.69) is 28.8 Å². The second kappa shape index (κ2) is 8.26. The summed E-state index contributed by atoms with van der Waals surface area (Å²) in [5.41, 5.74) is 0.148. The van der Waals surface area contributed by atoms with E-state index in [0.29, 0.717) is 0 Å². The van der Waals surface area contributed by atoms with E-state index in [9.17, 15) is 0 Å². The van der Waals surface area contributed by atoms with E-state index < -0.39 is 0 Å². The van der Waals surface area contributed by atoms with Gasteiger partial charge in [0.1, 0.15) is 0 Å². The number of likely N-dealkylation sites (N-methyl/N-ethyl adjacent to an activating group) is 1. The fourth-order valence-corrected chi connectivity index (χ4v) is 2.40. The first kappa shape index (κ1) is 18.9. The van der Waals surface area contributed by atoms with E-state index in [1.54, 1.807) is 0 Å². The Morgan fingerprint density at radius 1 is 1.00 bits per heavy atom. The van der Waals surface area contributed by atoms with Crippen LogP contribution in [0.1, 0.15) is 12.8 Å². The quantitative estimate of drug-likeness (QED) is 0.416. The van der Waals surface area contributed by atoms with Gasteiger partial charge in [0.05, 0.1) is 6.54 Å². The zero-order valence-corrected chi connectivity index (χ0v) is 15.5. The number of guanidine groups is 1. The lowest BCUT2D eigenvalue weighted by Crippen LogP contribution is -2.51. The Balaban J connectivity index is 0.00000324. The second-order valence-electron chi connectivity index (χ2n) is 5.64. The Bertz CT molecular complexity index is 276. The van der Waals surface area contributed by atoms with Crippen molar-refractivity contribution in [1.82, 2.24) is 14.7 Å². The normalized spacial score (nSPS) is 17.6. The molecule has 0 aliphatic carbocycles. The smallest absolute Gasteiger partial charge is 0.195 e. The fourth-order valence-electron chi connectivity index (χ4n) is 2.40. The lowest BCUT2D eigenvalue weighted by molar-refractivity contribution is -0.00268. The fraction of sp³-hybridized carbons (Fsp3) is 0.923. The van der Waals surface area contributed by atoms with Gasteiger partial charge in [-0.25, -0.2) is 0 Å². The van der Waals surface area contributed by atoms with Gasteiger partial charge in [-0.1, -0.05) is 0 Å². The highest BCUT2D eigenvalue weighted by Gasteiger charge is 2.34. The molecule has 1 aliphatic rings. The number of rotatable bonds is 3. The van der Waals surface area contributed by atoms with E-state index in [0.717, 1.165) is 38.6 Å². The van der Waals surface area contributed by atoms with Crippen LogP contribution in [0.3, 0.4) is 0 Å². The summed E-state index contributed by atoms with van der Waals surface area (Å²) in [5, 5.41) is 0. The first-order chi connectivity index (χ1) is 8.39. The molecule has 0 unspecified atom stereocenters. The van der Waals surface area contributed by atoms with Gasteiger partial charge in [-0.2, -0.15) is 0 Å². The summed E-state index contributed by atoms with van der Waals surface area (Å²) in [4.78, 5) is 11.2. The molecule has 5 nitrogen and oxygen atoms in total. The van der Waals surface area contributed by atoms with Crippen molar-refractivity contribution in [1.29, 1.82) is 0 Å². The van der Waals surface area contributed by atoms with Crippen molar-refractivity contribution >= 4 is 29.9 Å². The van der Waals surface area contributed by atoms with Crippen molar-refractivity contribution in [2.24, 2.45) is 4.99 Å².